The van der Waals surface area contributed by atoms with Crippen molar-refractivity contribution in [3.63, 3.8) is 0 Å². The highest BCUT2D eigenvalue weighted by Crippen LogP contribution is 2.21. The molecule has 0 spiro atoms. The van der Waals surface area contributed by atoms with E-state index in [1.54, 1.807) is 19.1 Å². The zero-order valence-corrected chi connectivity index (χ0v) is 12.7. The molecule has 0 aliphatic carbocycles. The van der Waals surface area contributed by atoms with E-state index in [1.807, 2.05) is 42.5 Å². The van der Waals surface area contributed by atoms with Crippen molar-refractivity contribution >= 4 is 23.2 Å². The minimum Gasteiger partial charge on any atom is -0.326 e. The smallest absolute Gasteiger partial charge is 0.255 e. The molecule has 3 aromatic rings. The van der Waals surface area contributed by atoms with Gasteiger partial charge in [0.25, 0.3) is 5.56 Å². The number of halogens is 1. The van der Waals surface area contributed by atoms with E-state index in [2.05, 4.69) is 15.3 Å². The third kappa shape index (κ3) is 3.02. The van der Waals surface area contributed by atoms with E-state index in [9.17, 15) is 4.79 Å². The SMILES string of the molecule is Cc1c(-c2ccccc2)nc(Nc2ccc(Cl)cc2)[nH]c1=O. The molecule has 0 aliphatic heterocycles. The van der Waals surface area contributed by atoms with Gasteiger partial charge in [0.2, 0.25) is 5.95 Å². The molecule has 0 saturated carbocycles. The predicted molar refractivity (Wildman–Crippen MR) is 89.8 cm³/mol. The van der Waals surface area contributed by atoms with Crippen LogP contribution in [0.2, 0.25) is 5.02 Å². The van der Waals surface area contributed by atoms with Crippen molar-refractivity contribution in [1.29, 1.82) is 0 Å². The Balaban J connectivity index is 2.01. The van der Waals surface area contributed by atoms with Gasteiger partial charge in [-0.3, -0.25) is 9.78 Å². The van der Waals surface area contributed by atoms with Crippen LogP contribution in [0.3, 0.4) is 0 Å². The first-order valence-electron chi connectivity index (χ1n) is 6.82. The Morgan fingerprint density at radius 1 is 1.05 bits per heavy atom. The summed E-state index contributed by atoms with van der Waals surface area (Å²) in [5.74, 6) is 0.400. The molecular weight excluding hydrogens is 298 g/mol. The highest BCUT2D eigenvalue weighted by molar-refractivity contribution is 6.30. The predicted octanol–water partition coefficient (Wildman–Crippen LogP) is 4.14. The quantitative estimate of drug-likeness (QED) is 0.764. The number of aromatic amines is 1. The summed E-state index contributed by atoms with van der Waals surface area (Å²) in [7, 11) is 0. The summed E-state index contributed by atoms with van der Waals surface area (Å²) in [5, 5.41) is 3.74. The Morgan fingerprint density at radius 2 is 1.73 bits per heavy atom. The average Bonchev–Trinajstić information content (AvgIpc) is 2.54. The Morgan fingerprint density at radius 3 is 2.41 bits per heavy atom. The summed E-state index contributed by atoms with van der Waals surface area (Å²) in [6.45, 7) is 1.76. The molecule has 0 amide bonds. The molecule has 0 aliphatic rings. The summed E-state index contributed by atoms with van der Waals surface area (Å²) in [6, 6.07) is 16.8. The molecular formula is C17H14ClN3O. The maximum Gasteiger partial charge on any atom is 0.255 e. The molecule has 0 bridgehead atoms. The minimum atomic E-state index is -0.162. The number of aromatic nitrogens is 2. The van der Waals surface area contributed by atoms with Gasteiger partial charge in [-0.15, -0.1) is 0 Å². The minimum absolute atomic E-state index is 0.162. The topological polar surface area (TPSA) is 57.8 Å². The van der Waals surface area contributed by atoms with E-state index in [0.717, 1.165) is 11.3 Å². The first kappa shape index (κ1) is 14.4. The number of H-pyrrole nitrogens is 1. The van der Waals surface area contributed by atoms with Crippen LogP contribution in [0, 0.1) is 6.92 Å². The third-order valence-corrected chi connectivity index (χ3v) is 3.56. The molecule has 1 aromatic heterocycles. The average molecular weight is 312 g/mol. The lowest BCUT2D eigenvalue weighted by molar-refractivity contribution is 1.09. The van der Waals surface area contributed by atoms with Gasteiger partial charge in [-0.05, 0) is 31.2 Å². The van der Waals surface area contributed by atoms with E-state index in [1.165, 1.54) is 0 Å². The maximum absolute atomic E-state index is 12.1. The normalized spacial score (nSPS) is 10.5. The lowest BCUT2D eigenvalue weighted by Crippen LogP contribution is -2.15. The number of hydrogen-bond donors (Lipinski definition) is 2. The monoisotopic (exact) mass is 311 g/mol. The fourth-order valence-corrected chi connectivity index (χ4v) is 2.26. The van der Waals surface area contributed by atoms with Gasteiger partial charge in [-0.25, -0.2) is 4.98 Å². The Hall–Kier alpha value is -2.59. The first-order valence-corrected chi connectivity index (χ1v) is 7.20. The zero-order valence-electron chi connectivity index (χ0n) is 11.9. The maximum atomic E-state index is 12.1. The van der Waals surface area contributed by atoms with Crippen molar-refractivity contribution in [1.82, 2.24) is 9.97 Å². The van der Waals surface area contributed by atoms with Crippen molar-refractivity contribution in [3.8, 4) is 11.3 Å². The van der Waals surface area contributed by atoms with Crippen molar-refractivity contribution in [3.05, 3.63) is 75.5 Å². The number of anilines is 2. The van der Waals surface area contributed by atoms with Crippen LogP contribution < -0.4 is 10.9 Å². The molecule has 2 aromatic carbocycles. The Kier molecular flexibility index (Phi) is 3.94. The largest absolute Gasteiger partial charge is 0.326 e. The second kappa shape index (κ2) is 6.03. The molecule has 4 nitrogen and oxygen atoms in total. The van der Waals surface area contributed by atoms with E-state index in [4.69, 9.17) is 11.6 Å². The molecule has 0 saturated heterocycles. The highest BCUT2D eigenvalue weighted by atomic mass is 35.5. The number of nitrogens with one attached hydrogen (secondary N) is 2. The van der Waals surface area contributed by atoms with Gasteiger partial charge >= 0.3 is 0 Å². The molecule has 22 heavy (non-hydrogen) atoms. The summed E-state index contributed by atoms with van der Waals surface area (Å²) in [4.78, 5) is 19.4. The van der Waals surface area contributed by atoms with Gasteiger partial charge in [0.1, 0.15) is 0 Å². The molecule has 0 fully saturated rings. The molecule has 0 atom stereocenters. The summed E-state index contributed by atoms with van der Waals surface area (Å²) >= 11 is 5.86. The van der Waals surface area contributed by atoms with Crippen LogP contribution in [-0.2, 0) is 0 Å². The molecule has 0 unspecified atom stereocenters. The Bertz CT molecular complexity index is 842. The third-order valence-electron chi connectivity index (χ3n) is 3.31. The highest BCUT2D eigenvalue weighted by Gasteiger charge is 2.09. The lowest BCUT2D eigenvalue weighted by Gasteiger charge is -2.09. The molecule has 5 heteroatoms. The molecule has 2 N–H and O–H groups in total. The van der Waals surface area contributed by atoms with Crippen molar-refractivity contribution in [2.24, 2.45) is 0 Å². The van der Waals surface area contributed by atoms with Gasteiger partial charge in [-0.2, -0.15) is 0 Å². The van der Waals surface area contributed by atoms with Crippen molar-refractivity contribution < 1.29 is 0 Å². The summed E-state index contributed by atoms with van der Waals surface area (Å²) in [5.41, 5.74) is 2.81. The molecule has 110 valence electrons. The van der Waals surface area contributed by atoms with Crippen molar-refractivity contribution in [2.75, 3.05) is 5.32 Å². The van der Waals surface area contributed by atoms with Crippen LogP contribution in [0.5, 0.6) is 0 Å². The fraction of sp³-hybridized carbons (Fsp3) is 0.0588. The zero-order chi connectivity index (χ0) is 15.5. The molecule has 3 rings (SSSR count). The van der Waals surface area contributed by atoms with Gasteiger partial charge in [-0.1, -0.05) is 41.9 Å². The van der Waals surface area contributed by atoms with Gasteiger partial charge in [0, 0.05) is 21.8 Å². The number of nitrogens with zero attached hydrogens (tertiary/aromatic N) is 1. The second-order valence-electron chi connectivity index (χ2n) is 4.89. The van der Waals surface area contributed by atoms with Crippen molar-refractivity contribution in [2.45, 2.75) is 6.92 Å². The van der Waals surface area contributed by atoms with Gasteiger partial charge in [0.05, 0.1) is 5.69 Å². The van der Waals surface area contributed by atoms with E-state index >= 15 is 0 Å². The van der Waals surface area contributed by atoms with Crippen LogP contribution >= 0.6 is 11.6 Å². The Labute approximate surface area is 132 Å². The molecule has 0 radical (unpaired) electrons. The second-order valence-corrected chi connectivity index (χ2v) is 5.32. The number of rotatable bonds is 3. The van der Waals surface area contributed by atoms with Crippen LogP contribution in [-0.4, -0.2) is 9.97 Å². The number of hydrogen-bond acceptors (Lipinski definition) is 3. The molecule has 1 heterocycles. The fourth-order valence-electron chi connectivity index (χ4n) is 2.14. The summed E-state index contributed by atoms with van der Waals surface area (Å²) < 4.78 is 0. The standard InChI is InChI=1S/C17H14ClN3O/c1-11-15(12-5-3-2-4-6-12)20-17(21-16(11)22)19-14-9-7-13(18)8-10-14/h2-10H,1H3,(H2,19,20,21,22). The first-order chi connectivity index (χ1) is 10.6. The lowest BCUT2D eigenvalue weighted by atomic mass is 10.1. The number of benzene rings is 2. The van der Waals surface area contributed by atoms with Gasteiger partial charge in [0.15, 0.2) is 0 Å². The van der Waals surface area contributed by atoms with Crippen LogP contribution in [0.4, 0.5) is 11.6 Å². The van der Waals surface area contributed by atoms with E-state index in [-0.39, 0.29) is 5.56 Å². The van der Waals surface area contributed by atoms with E-state index < -0.39 is 0 Å². The van der Waals surface area contributed by atoms with Crippen LogP contribution in [0.15, 0.2) is 59.4 Å². The van der Waals surface area contributed by atoms with Gasteiger partial charge < -0.3 is 5.32 Å². The van der Waals surface area contributed by atoms with Crippen LogP contribution in [0.25, 0.3) is 11.3 Å². The van der Waals surface area contributed by atoms with Crippen LogP contribution in [0.1, 0.15) is 5.56 Å². The van der Waals surface area contributed by atoms with E-state index in [0.29, 0.717) is 22.2 Å². The summed E-state index contributed by atoms with van der Waals surface area (Å²) in [6.07, 6.45) is 0.